The zero-order chi connectivity index (χ0) is 22.6. The van der Waals surface area contributed by atoms with Crippen LogP contribution in [0.2, 0.25) is 0 Å². The molecule has 33 heavy (non-hydrogen) atoms. The number of carbonyl (C=O) groups excluding carboxylic acids is 2. The predicted molar refractivity (Wildman–Crippen MR) is 126 cm³/mol. The van der Waals surface area contributed by atoms with E-state index >= 15 is 0 Å². The van der Waals surface area contributed by atoms with Crippen molar-refractivity contribution in [2.24, 2.45) is 5.92 Å². The second kappa shape index (κ2) is 9.56. The van der Waals surface area contributed by atoms with Crippen LogP contribution in [0.15, 0.2) is 42.9 Å². The van der Waals surface area contributed by atoms with E-state index in [9.17, 15) is 9.59 Å². The first-order chi connectivity index (χ1) is 16.2. The Bertz CT molecular complexity index is 1120. The number of hydrogen-bond acceptors (Lipinski definition) is 6. The number of rotatable bonds is 6. The Labute approximate surface area is 192 Å². The number of nitrogens with one attached hydrogen (secondary N) is 1. The van der Waals surface area contributed by atoms with Gasteiger partial charge in [0, 0.05) is 38.3 Å². The lowest BCUT2D eigenvalue weighted by molar-refractivity contribution is -0.126. The molecule has 9 nitrogen and oxygen atoms in total. The van der Waals surface area contributed by atoms with Crippen LogP contribution in [0, 0.1) is 5.92 Å². The van der Waals surface area contributed by atoms with Crippen LogP contribution in [-0.4, -0.2) is 57.7 Å². The molecule has 1 N–H and O–H groups in total. The van der Waals surface area contributed by atoms with Crippen molar-refractivity contribution < 1.29 is 9.59 Å². The lowest BCUT2D eigenvalue weighted by Crippen LogP contribution is -2.35. The lowest BCUT2D eigenvalue weighted by Gasteiger charge is -2.21. The van der Waals surface area contributed by atoms with Gasteiger partial charge in [0.1, 0.15) is 12.1 Å². The molecule has 9 heteroatoms. The smallest absolute Gasteiger partial charge is 0.227 e. The van der Waals surface area contributed by atoms with Gasteiger partial charge in [0.05, 0.1) is 24.0 Å². The lowest BCUT2D eigenvalue weighted by atomic mass is 10.1. The largest absolute Gasteiger partial charge is 0.356 e. The second-order valence-electron chi connectivity index (χ2n) is 8.74. The number of amides is 2. The quantitative estimate of drug-likeness (QED) is 0.623. The minimum absolute atomic E-state index is 0.0165. The Morgan fingerprint density at radius 2 is 1.85 bits per heavy atom. The number of aromatic nitrogens is 4. The highest BCUT2D eigenvalue weighted by Gasteiger charge is 2.34. The molecule has 1 atom stereocenters. The van der Waals surface area contributed by atoms with Crippen molar-refractivity contribution in [1.29, 1.82) is 0 Å². The molecule has 2 aromatic heterocycles. The van der Waals surface area contributed by atoms with Gasteiger partial charge in [-0.25, -0.2) is 14.6 Å². The van der Waals surface area contributed by atoms with Crippen LogP contribution in [0.5, 0.6) is 0 Å². The highest BCUT2D eigenvalue weighted by atomic mass is 16.2. The maximum atomic E-state index is 12.7. The summed E-state index contributed by atoms with van der Waals surface area (Å²) in [7, 11) is 0. The molecule has 0 bridgehead atoms. The third kappa shape index (κ3) is 4.53. The van der Waals surface area contributed by atoms with Gasteiger partial charge in [0.15, 0.2) is 5.65 Å². The maximum absolute atomic E-state index is 12.7. The number of benzene rings is 1. The summed E-state index contributed by atoms with van der Waals surface area (Å²) >= 11 is 0. The first-order valence-corrected chi connectivity index (χ1v) is 11.8. The molecule has 1 aromatic carbocycles. The van der Waals surface area contributed by atoms with Crippen molar-refractivity contribution in [1.82, 2.24) is 25.1 Å². The minimum Gasteiger partial charge on any atom is -0.356 e. The molecule has 0 spiro atoms. The van der Waals surface area contributed by atoms with E-state index in [1.165, 1.54) is 25.7 Å². The Hall–Kier alpha value is -3.49. The monoisotopic (exact) mass is 447 g/mol. The van der Waals surface area contributed by atoms with Crippen molar-refractivity contribution >= 4 is 34.4 Å². The van der Waals surface area contributed by atoms with E-state index in [1.807, 2.05) is 41.2 Å². The molecule has 0 aliphatic carbocycles. The summed E-state index contributed by atoms with van der Waals surface area (Å²) < 4.78 is 1.81. The summed E-state index contributed by atoms with van der Waals surface area (Å²) in [6, 6.07) is 9.49. The van der Waals surface area contributed by atoms with Crippen LogP contribution in [-0.2, 0) is 16.1 Å². The van der Waals surface area contributed by atoms with Crippen molar-refractivity contribution in [2.75, 3.05) is 36.0 Å². The summed E-state index contributed by atoms with van der Waals surface area (Å²) in [6.07, 6.45) is 8.54. The third-order valence-electron chi connectivity index (χ3n) is 6.50. The van der Waals surface area contributed by atoms with Crippen LogP contribution >= 0.6 is 0 Å². The zero-order valence-electron chi connectivity index (χ0n) is 18.7. The summed E-state index contributed by atoms with van der Waals surface area (Å²) in [5.41, 5.74) is 1.62. The number of para-hydroxylation sites is 1. The van der Waals surface area contributed by atoms with Gasteiger partial charge in [0.25, 0.3) is 0 Å². The van der Waals surface area contributed by atoms with Crippen molar-refractivity contribution in [3.05, 3.63) is 42.9 Å². The third-order valence-corrected chi connectivity index (χ3v) is 6.50. The molecule has 2 aliphatic heterocycles. The molecule has 2 aliphatic rings. The van der Waals surface area contributed by atoms with Crippen LogP contribution < -0.4 is 15.1 Å². The van der Waals surface area contributed by atoms with Gasteiger partial charge in [-0.3, -0.25) is 9.59 Å². The average molecular weight is 448 g/mol. The highest BCUT2D eigenvalue weighted by molar-refractivity contribution is 6.00. The summed E-state index contributed by atoms with van der Waals surface area (Å²) in [6.45, 7) is 3.36. The summed E-state index contributed by atoms with van der Waals surface area (Å²) in [4.78, 5) is 38.1. The van der Waals surface area contributed by atoms with E-state index in [0.29, 0.717) is 19.6 Å². The van der Waals surface area contributed by atoms with Crippen molar-refractivity contribution in [3.8, 4) is 0 Å². The van der Waals surface area contributed by atoms with E-state index in [0.717, 1.165) is 35.6 Å². The standard InChI is InChI=1S/C24H29N7O2/c32-21-14-18(16-30(21)19-8-4-3-5-9-19)24(33)25-10-13-31-23-20(15-28-31)22(26-17-27-23)29-11-6-1-2-7-12-29/h3-5,8-9,15,17-18H,1-2,6-7,10-14,16H2,(H,25,33). The fourth-order valence-electron chi connectivity index (χ4n) is 4.75. The first kappa shape index (κ1) is 21.4. The fourth-order valence-corrected chi connectivity index (χ4v) is 4.75. The molecule has 4 heterocycles. The van der Waals surface area contributed by atoms with Gasteiger partial charge in [0.2, 0.25) is 11.8 Å². The molecular weight excluding hydrogens is 418 g/mol. The van der Waals surface area contributed by atoms with E-state index in [2.05, 4.69) is 25.3 Å². The van der Waals surface area contributed by atoms with Gasteiger partial charge in [-0.05, 0) is 25.0 Å². The molecule has 0 radical (unpaired) electrons. The number of hydrogen-bond donors (Lipinski definition) is 1. The Morgan fingerprint density at radius 3 is 2.64 bits per heavy atom. The van der Waals surface area contributed by atoms with Crippen molar-refractivity contribution in [2.45, 2.75) is 38.6 Å². The van der Waals surface area contributed by atoms with E-state index in [4.69, 9.17) is 0 Å². The topological polar surface area (TPSA) is 96.2 Å². The normalized spacial score (nSPS) is 19.2. The fraction of sp³-hybridized carbons (Fsp3) is 0.458. The van der Waals surface area contributed by atoms with Gasteiger partial charge < -0.3 is 15.1 Å². The van der Waals surface area contributed by atoms with Gasteiger partial charge in [-0.2, -0.15) is 5.10 Å². The molecule has 3 aromatic rings. The number of fused-ring (bicyclic) bond motifs is 1. The SMILES string of the molecule is O=C(NCCn1ncc2c(N3CCCCCC3)ncnc21)C1CC(=O)N(c2ccccc2)C1. The van der Waals surface area contributed by atoms with E-state index in [-0.39, 0.29) is 24.2 Å². The molecule has 2 fully saturated rings. The van der Waals surface area contributed by atoms with Crippen molar-refractivity contribution in [3.63, 3.8) is 0 Å². The summed E-state index contributed by atoms with van der Waals surface area (Å²) in [5, 5.41) is 8.43. The Kier molecular flexibility index (Phi) is 6.19. The van der Waals surface area contributed by atoms with Crippen LogP contribution in [0.25, 0.3) is 11.0 Å². The molecule has 2 saturated heterocycles. The van der Waals surface area contributed by atoms with E-state index in [1.54, 1.807) is 11.2 Å². The second-order valence-corrected chi connectivity index (χ2v) is 8.74. The average Bonchev–Trinajstić information content (AvgIpc) is 3.33. The maximum Gasteiger partial charge on any atom is 0.227 e. The molecule has 0 saturated carbocycles. The molecule has 1 unspecified atom stereocenters. The molecular formula is C24H29N7O2. The molecule has 172 valence electrons. The zero-order valence-corrected chi connectivity index (χ0v) is 18.7. The van der Waals surface area contributed by atoms with Gasteiger partial charge in [-0.1, -0.05) is 31.0 Å². The van der Waals surface area contributed by atoms with Gasteiger partial charge in [-0.15, -0.1) is 0 Å². The van der Waals surface area contributed by atoms with Gasteiger partial charge >= 0.3 is 0 Å². The minimum atomic E-state index is -0.343. The molecule has 5 rings (SSSR count). The Balaban J connectivity index is 1.20. The highest BCUT2D eigenvalue weighted by Crippen LogP contribution is 2.26. The predicted octanol–water partition coefficient (Wildman–Crippen LogP) is 2.38. The summed E-state index contributed by atoms with van der Waals surface area (Å²) in [5.74, 6) is 0.488. The molecule has 2 amide bonds. The van der Waals surface area contributed by atoms with Crippen LogP contribution in [0.1, 0.15) is 32.1 Å². The van der Waals surface area contributed by atoms with E-state index < -0.39 is 0 Å². The number of carbonyl (C=O) groups is 2. The van der Waals surface area contributed by atoms with Crippen LogP contribution in [0.4, 0.5) is 11.5 Å². The number of nitrogens with zero attached hydrogens (tertiary/aromatic N) is 6. The van der Waals surface area contributed by atoms with Crippen LogP contribution in [0.3, 0.4) is 0 Å². The number of anilines is 2. The Morgan fingerprint density at radius 1 is 1.06 bits per heavy atom. The first-order valence-electron chi connectivity index (χ1n) is 11.8.